The van der Waals surface area contributed by atoms with Crippen molar-refractivity contribution >= 4 is 22.9 Å². The third-order valence-electron chi connectivity index (χ3n) is 2.46. The molecule has 0 spiro atoms. The molecule has 1 N–H and O–H groups in total. The van der Waals surface area contributed by atoms with Crippen LogP contribution in [0.3, 0.4) is 0 Å². The quantitative estimate of drug-likeness (QED) is 0.743. The maximum Gasteiger partial charge on any atom is 0.0617 e. The molecule has 12 heavy (non-hydrogen) atoms. The number of hydrogen-bond donors (Lipinski definition) is 1. The van der Waals surface area contributed by atoms with Crippen LogP contribution < -0.4 is 0 Å². The highest BCUT2D eigenvalue weighted by molar-refractivity contribution is 7.10. The average Bonchev–Trinajstić information content (AvgIpc) is 2.59. The van der Waals surface area contributed by atoms with Gasteiger partial charge in [-0.15, -0.1) is 11.3 Å². The normalized spacial score (nSPS) is 29.5. The van der Waals surface area contributed by atoms with Crippen LogP contribution in [0.4, 0.5) is 0 Å². The van der Waals surface area contributed by atoms with Gasteiger partial charge in [-0.05, 0) is 24.3 Å². The Morgan fingerprint density at radius 3 is 2.83 bits per heavy atom. The summed E-state index contributed by atoms with van der Waals surface area (Å²) in [6, 6.07) is 1.91. The van der Waals surface area contributed by atoms with Gasteiger partial charge in [0, 0.05) is 10.8 Å². The molecule has 66 valence electrons. The molecule has 1 aromatic rings. The van der Waals surface area contributed by atoms with Gasteiger partial charge in [0.2, 0.25) is 0 Å². The summed E-state index contributed by atoms with van der Waals surface area (Å²) in [5.74, 6) is 0.303. The molecule has 1 fully saturated rings. The van der Waals surface area contributed by atoms with Crippen LogP contribution in [0.2, 0.25) is 5.02 Å². The Morgan fingerprint density at radius 2 is 2.33 bits per heavy atom. The average molecular weight is 203 g/mol. The van der Waals surface area contributed by atoms with E-state index in [-0.39, 0.29) is 6.10 Å². The van der Waals surface area contributed by atoms with Crippen molar-refractivity contribution in [3.63, 3.8) is 0 Å². The van der Waals surface area contributed by atoms with Crippen LogP contribution in [0.15, 0.2) is 11.4 Å². The highest BCUT2D eigenvalue weighted by Gasteiger charge is 2.28. The fourth-order valence-electron chi connectivity index (χ4n) is 1.82. The van der Waals surface area contributed by atoms with Crippen LogP contribution in [0, 0.1) is 0 Å². The summed E-state index contributed by atoms with van der Waals surface area (Å²) in [6.45, 7) is 0. The predicted molar refractivity (Wildman–Crippen MR) is 51.9 cm³/mol. The zero-order chi connectivity index (χ0) is 8.55. The third-order valence-corrected chi connectivity index (χ3v) is 3.95. The van der Waals surface area contributed by atoms with E-state index in [4.69, 9.17) is 11.6 Å². The monoisotopic (exact) mass is 202 g/mol. The van der Waals surface area contributed by atoms with Gasteiger partial charge in [-0.25, -0.2) is 0 Å². The van der Waals surface area contributed by atoms with Gasteiger partial charge in [0.25, 0.3) is 0 Å². The topological polar surface area (TPSA) is 20.2 Å². The Labute approximate surface area is 81.0 Å². The molecule has 3 heteroatoms. The molecule has 1 heterocycles. The highest BCUT2D eigenvalue weighted by Crippen LogP contribution is 2.40. The van der Waals surface area contributed by atoms with Gasteiger partial charge < -0.3 is 5.11 Å². The molecule has 0 radical (unpaired) electrons. The summed E-state index contributed by atoms with van der Waals surface area (Å²) >= 11 is 7.64. The van der Waals surface area contributed by atoms with E-state index in [2.05, 4.69) is 0 Å². The van der Waals surface area contributed by atoms with Crippen molar-refractivity contribution < 1.29 is 5.11 Å². The standard InChI is InChI=1S/C9H11ClOS/c10-7-4-5-12-9(7)6-2-1-3-8(6)11/h4-6,8,11H,1-3H2/t6-,8-/m1/s1. The second-order valence-corrected chi connectivity index (χ2v) is 4.59. The van der Waals surface area contributed by atoms with Crippen molar-refractivity contribution in [1.82, 2.24) is 0 Å². The lowest BCUT2D eigenvalue weighted by molar-refractivity contribution is 0.165. The van der Waals surface area contributed by atoms with Crippen LogP contribution in [0.1, 0.15) is 30.1 Å². The minimum Gasteiger partial charge on any atom is -0.392 e. The van der Waals surface area contributed by atoms with Crippen LogP contribution in [0.5, 0.6) is 0 Å². The molecule has 0 amide bonds. The second kappa shape index (κ2) is 3.36. The van der Waals surface area contributed by atoms with E-state index >= 15 is 0 Å². The van der Waals surface area contributed by atoms with Crippen molar-refractivity contribution in [1.29, 1.82) is 0 Å². The van der Waals surface area contributed by atoms with Crippen molar-refractivity contribution in [2.24, 2.45) is 0 Å². The van der Waals surface area contributed by atoms with Gasteiger partial charge in [-0.1, -0.05) is 18.0 Å². The summed E-state index contributed by atoms with van der Waals surface area (Å²) in [5.41, 5.74) is 0. The minimum absolute atomic E-state index is 0.166. The summed E-state index contributed by atoms with van der Waals surface area (Å²) < 4.78 is 0. The first-order valence-electron chi connectivity index (χ1n) is 4.20. The van der Waals surface area contributed by atoms with E-state index in [0.717, 1.165) is 24.3 Å². The Bertz CT molecular complexity index is 271. The van der Waals surface area contributed by atoms with Crippen molar-refractivity contribution in [2.45, 2.75) is 31.3 Å². The number of aliphatic hydroxyl groups excluding tert-OH is 1. The first-order chi connectivity index (χ1) is 5.79. The van der Waals surface area contributed by atoms with Gasteiger partial charge in [-0.2, -0.15) is 0 Å². The fourth-order valence-corrected chi connectivity index (χ4v) is 3.21. The first-order valence-corrected chi connectivity index (χ1v) is 5.46. The van der Waals surface area contributed by atoms with Crippen LogP contribution >= 0.6 is 22.9 Å². The van der Waals surface area contributed by atoms with Crippen LogP contribution in [-0.4, -0.2) is 11.2 Å². The molecule has 0 bridgehead atoms. The Kier molecular flexibility index (Phi) is 2.40. The highest BCUT2D eigenvalue weighted by atomic mass is 35.5. The lowest BCUT2D eigenvalue weighted by Gasteiger charge is -2.12. The van der Waals surface area contributed by atoms with E-state index in [9.17, 15) is 5.11 Å². The lowest BCUT2D eigenvalue weighted by atomic mass is 10.0. The first kappa shape index (κ1) is 8.54. The Balaban J connectivity index is 2.24. The Morgan fingerprint density at radius 1 is 1.50 bits per heavy atom. The Hall–Kier alpha value is -0.0500. The molecule has 0 aliphatic heterocycles. The maximum atomic E-state index is 9.63. The zero-order valence-corrected chi connectivity index (χ0v) is 8.24. The van der Waals surface area contributed by atoms with Crippen LogP contribution in [0.25, 0.3) is 0 Å². The molecular formula is C9H11ClOS. The maximum absolute atomic E-state index is 9.63. The summed E-state index contributed by atoms with van der Waals surface area (Å²) in [7, 11) is 0. The SMILES string of the molecule is O[C@@H]1CCC[C@H]1c1sccc1Cl. The summed E-state index contributed by atoms with van der Waals surface area (Å²) in [5, 5.41) is 12.4. The van der Waals surface area contributed by atoms with Crippen LogP contribution in [-0.2, 0) is 0 Å². The summed E-state index contributed by atoms with van der Waals surface area (Å²) in [4.78, 5) is 1.17. The van der Waals surface area contributed by atoms with Crippen molar-refractivity contribution in [2.75, 3.05) is 0 Å². The number of hydrogen-bond acceptors (Lipinski definition) is 2. The number of thiophene rings is 1. The molecule has 1 aliphatic carbocycles. The molecular weight excluding hydrogens is 192 g/mol. The number of aliphatic hydroxyl groups is 1. The van der Waals surface area contributed by atoms with Gasteiger partial charge >= 0.3 is 0 Å². The lowest BCUT2D eigenvalue weighted by Crippen LogP contribution is -2.09. The van der Waals surface area contributed by atoms with Gasteiger partial charge in [-0.3, -0.25) is 0 Å². The third kappa shape index (κ3) is 1.39. The molecule has 0 unspecified atom stereocenters. The molecule has 1 nitrogen and oxygen atoms in total. The minimum atomic E-state index is -0.166. The fraction of sp³-hybridized carbons (Fsp3) is 0.556. The molecule has 1 aromatic heterocycles. The number of rotatable bonds is 1. The van der Waals surface area contributed by atoms with Crippen molar-refractivity contribution in [3.8, 4) is 0 Å². The van der Waals surface area contributed by atoms with E-state index in [1.807, 2.05) is 11.4 Å². The molecule has 1 saturated carbocycles. The largest absolute Gasteiger partial charge is 0.392 e. The molecule has 0 saturated heterocycles. The smallest absolute Gasteiger partial charge is 0.0617 e. The molecule has 1 aliphatic rings. The van der Waals surface area contributed by atoms with Gasteiger partial charge in [0.1, 0.15) is 0 Å². The van der Waals surface area contributed by atoms with E-state index in [1.165, 1.54) is 4.88 Å². The molecule has 0 aromatic carbocycles. The predicted octanol–water partition coefficient (Wildman–Crippen LogP) is 3.03. The molecule has 2 rings (SSSR count). The molecule has 2 atom stereocenters. The summed E-state index contributed by atoms with van der Waals surface area (Å²) in [6.07, 6.45) is 2.97. The second-order valence-electron chi connectivity index (χ2n) is 3.24. The van der Waals surface area contributed by atoms with E-state index in [0.29, 0.717) is 5.92 Å². The van der Waals surface area contributed by atoms with Gasteiger partial charge in [0.15, 0.2) is 0 Å². The van der Waals surface area contributed by atoms with E-state index in [1.54, 1.807) is 11.3 Å². The van der Waals surface area contributed by atoms with Gasteiger partial charge in [0.05, 0.1) is 11.1 Å². The van der Waals surface area contributed by atoms with E-state index < -0.39 is 0 Å². The zero-order valence-electron chi connectivity index (χ0n) is 6.66. The number of halogens is 1. The van der Waals surface area contributed by atoms with Crippen molar-refractivity contribution in [3.05, 3.63) is 21.3 Å².